The summed E-state index contributed by atoms with van der Waals surface area (Å²) in [5.74, 6) is -2.49. The maximum Gasteiger partial charge on any atom is 0.217 e. The lowest BCUT2D eigenvalue weighted by Gasteiger charge is -2.51. The van der Waals surface area contributed by atoms with Crippen LogP contribution >= 0.6 is 0 Å². The molecule has 0 aromatic rings. The van der Waals surface area contributed by atoms with E-state index in [1.54, 1.807) is 0 Å². The van der Waals surface area contributed by atoms with Gasteiger partial charge in [0.25, 0.3) is 0 Å². The Morgan fingerprint density at radius 1 is 0.326 bits per heavy atom. The summed E-state index contributed by atoms with van der Waals surface area (Å²) in [6.07, 6.45) is -61.5. The third kappa shape index (κ3) is 15.5. The van der Waals surface area contributed by atoms with Crippen LogP contribution in [0.25, 0.3) is 0 Å². The molecule has 7 aliphatic rings. The van der Waals surface area contributed by atoms with Gasteiger partial charge in [0.15, 0.2) is 44.0 Å². The number of amides is 3. The number of nitrogens with one attached hydrogen (secondary N) is 3. The van der Waals surface area contributed by atoms with Gasteiger partial charge in [0.05, 0.1) is 45.7 Å². The lowest BCUT2D eigenvalue weighted by Crippen LogP contribution is -2.70. The predicted molar refractivity (Wildman–Crippen MR) is 265 cm³/mol. The molecule has 22 N–H and O–H groups in total. The standard InChI is InChI=1S/C48H81N3O35/c1-11-24(59)32(67)35(70)45(76-11)75-10-20-39(30(65)21(42(73)77-20)49-12(2)56)83-44-23(51-14(4)58)31(66)38(18(8-55)81-44)84-47-37(72)40(28(63)19(82-47)9-74-46-36(71)33(68)26(61)16(6-53)79-46)85-48-41(34(69)27(62)17(7-54)80-48)86-43-22(50-13(3)57)29(64)25(60)15(5-52)78-43/h11,15-48,52-55,59-73H,5-10H2,1-4H3,(H,49,56)(H,50,57)(H,51,58)/t11-,15+,16+,17+,18+,19+,20+,21+,22+,23+,24+,25+,26+,27+,28+,29+,30+,31+,32+,33-,34-,35-,36-,37-,38+,39+,40-,41-,42+,43-,44-,45-,46+,47-,48-/m0/s1. The monoisotopic (exact) mass is 1260 g/mol. The summed E-state index contributed by atoms with van der Waals surface area (Å²) in [6, 6.07) is -5.23. The second-order valence-corrected chi connectivity index (χ2v) is 21.8. The molecule has 7 fully saturated rings. The van der Waals surface area contributed by atoms with Gasteiger partial charge < -0.3 is 175 Å². The van der Waals surface area contributed by atoms with Crippen molar-refractivity contribution in [1.29, 1.82) is 0 Å². The number of hydrogen-bond acceptors (Lipinski definition) is 35. The SMILES string of the molecule is CC(=O)N[C@@H]1[C@@H](O)[C@H](O[C@@H]2O[C@H](CO)[C@@H](O[C@@H]3O[C@H](CO[C@@H]4O[C@H](CO)[C@@H](O)[C@H](O)[C@@H]4O)[C@@H](O)[C@H](O[C@@H]4O[C@H](CO)[C@@H](O)[C@H](O)[C@@H]4O[C@@H]4O[C@H](CO)[C@@H](O)[C@H](O)[C@H]4NC(C)=O)[C@@H]3O)[C@H](O)[C@H]2NC(C)=O)[C@@H](CO[C@H]2O[C@@H](C)[C@@H](O)[C@@H](O)[C@@H]2O)O[C@H]1O. The second-order valence-electron chi connectivity index (χ2n) is 21.8. The van der Waals surface area contributed by atoms with Crippen molar-refractivity contribution in [3.05, 3.63) is 0 Å². The predicted octanol–water partition coefficient (Wildman–Crippen LogP) is -14.8. The molecule has 7 saturated heterocycles. The first-order chi connectivity index (χ1) is 40.6. The van der Waals surface area contributed by atoms with Crippen LogP contribution in [0.5, 0.6) is 0 Å². The first kappa shape index (κ1) is 70.6. The Hall–Kier alpha value is -2.87. The Labute approximate surface area is 488 Å². The van der Waals surface area contributed by atoms with Gasteiger partial charge in [0.1, 0.15) is 165 Å². The summed E-state index contributed by atoms with van der Waals surface area (Å²) in [7, 11) is 0. The van der Waals surface area contributed by atoms with E-state index >= 15 is 0 Å². The van der Waals surface area contributed by atoms with Crippen LogP contribution < -0.4 is 16.0 Å². The van der Waals surface area contributed by atoms with Gasteiger partial charge in [-0.1, -0.05) is 0 Å². The van der Waals surface area contributed by atoms with Gasteiger partial charge in [-0.15, -0.1) is 0 Å². The molecule has 86 heavy (non-hydrogen) atoms. The highest BCUT2D eigenvalue weighted by molar-refractivity contribution is 5.74. The molecule has 0 radical (unpaired) electrons. The molecular weight excluding hydrogens is 1180 g/mol. The highest BCUT2D eigenvalue weighted by Gasteiger charge is 2.58. The van der Waals surface area contributed by atoms with E-state index in [1.807, 2.05) is 0 Å². The molecule has 0 aromatic heterocycles. The van der Waals surface area contributed by atoms with Gasteiger partial charge in [-0.05, 0) is 6.92 Å². The van der Waals surface area contributed by atoms with Crippen molar-refractivity contribution in [3.63, 3.8) is 0 Å². The Bertz CT molecular complexity index is 2170. The number of aliphatic hydroxyl groups is 19. The van der Waals surface area contributed by atoms with Crippen LogP contribution in [0.3, 0.4) is 0 Å². The number of rotatable bonds is 21. The highest BCUT2D eigenvalue weighted by Crippen LogP contribution is 2.37. The fraction of sp³-hybridized carbons (Fsp3) is 0.938. The number of ether oxygens (including phenoxy) is 13. The van der Waals surface area contributed by atoms with Crippen molar-refractivity contribution in [2.24, 2.45) is 0 Å². The van der Waals surface area contributed by atoms with E-state index in [9.17, 15) is 111 Å². The summed E-state index contributed by atoms with van der Waals surface area (Å²) in [5, 5.41) is 214. The second kappa shape index (κ2) is 30.5. The first-order valence-corrected chi connectivity index (χ1v) is 27.5. The molecule has 3 amide bonds. The van der Waals surface area contributed by atoms with Crippen LogP contribution in [-0.2, 0) is 76.0 Å². The maximum atomic E-state index is 12.9. The van der Waals surface area contributed by atoms with Crippen molar-refractivity contribution in [2.45, 2.75) is 242 Å². The lowest BCUT2D eigenvalue weighted by molar-refractivity contribution is -0.394. The Kier molecular flexibility index (Phi) is 25.0. The van der Waals surface area contributed by atoms with Crippen LogP contribution in [-0.4, -0.2) is 369 Å². The first-order valence-electron chi connectivity index (χ1n) is 27.5. The minimum atomic E-state index is -2.39. The van der Waals surface area contributed by atoms with Gasteiger partial charge in [-0.3, -0.25) is 14.4 Å². The molecule has 38 nitrogen and oxygen atoms in total. The molecule has 38 heteroatoms. The molecular formula is C48H81N3O35. The van der Waals surface area contributed by atoms with Gasteiger partial charge in [0, 0.05) is 20.8 Å². The minimum Gasteiger partial charge on any atom is -0.394 e. The zero-order valence-electron chi connectivity index (χ0n) is 46.5. The molecule has 7 heterocycles. The van der Waals surface area contributed by atoms with Gasteiger partial charge in [-0.2, -0.15) is 0 Å². The highest BCUT2D eigenvalue weighted by atomic mass is 16.8. The fourth-order valence-corrected chi connectivity index (χ4v) is 10.9. The van der Waals surface area contributed by atoms with Crippen LogP contribution in [0.1, 0.15) is 27.7 Å². The molecule has 0 spiro atoms. The van der Waals surface area contributed by atoms with Gasteiger partial charge in [-0.25, -0.2) is 0 Å². The number of carbonyl (C=O) groups excluding carboxylic acids is 3. The molecule has 498 valence electrons. The van der Waals surface area contributed by atoms with E-state index in [2.05, 4.69) is 16.0 Å². The van der Waals surface area contributed by atoms with E-state index in [0.29, 0.717) is 0 Å². The lowest BCUT2D eigenvalue weighted by atomic mass is 9.93. The van der Waals surface area contributed by atoms with Gasteiger partial charge in [0.2, 0.25) is 17.7 Å². The number of hydrogen-bond donors (Lipinski definition) is 22. The Morgan fingerprint density at radius 2 is 0.709 bits per heavy atom. The number of aliphatic hydroxyl groups excluding tert-OH is 19. The van der Waals surface area contributed by atoms with Crippen LogP contribution in [0.4, 0.5) is 0 Å². The van der Waals surface area contributed by atoms with E-state index in [1.165, 1.54) is 6.92 Å². The summed E-state index contributed by atoms with van der Waals surface area (Å²) in [5.41, 5.74) is 0. The molecule has 0 aliphatic carbocycles. The number of carbonyl (C=O) groups is 3. The summed E-state index contributed by atoms with van der Waals surface area (Å²) < 4.78 is 75.7. The van der Waals surface area contributed by atoms with Crippen LogP contribution in [0.2, 0.25) is 0 Å². The average molecular weight is 1260 g/mol. The third-order valence-corrected chi connectivity index (χ3v) is 15.7. The molecule has 0 unspecified atom stereocenters. The normalized spacial score (nSPS) is 49.4. The van der Waals surface area contributed by atoms with Crippen molar-refractivity contribution in [3.8, 4) is 0 Å². The zero-order chi connectivity index (χ0) is 63.5. The average Bonchev–Trinajstić information content (AvgIpc) is 1.18. The molecule has 35 atom stereocenters. The van der Waals surface area contributed by atoms with Crippen molar-refractivity contribution in [2.75, 3.05) is 39.6 Å². The summed E-state index contributed by atoms with van der Waals surface area (Å²) >= 11 is 0. The Balaban J connectivity index is 1.19. The van der Waals surface area contributed by atoms with Crippen molar-refractivity contribution in [1.82, 2.24) is 16.0 Å². The fourth-order valence-electron chi connectivity index (χ4n) is 10.9. The quantitative estimate of drug-likeness (QED) is 0.0507. The van der Waals surface area contributed by atoms with Crippen LogP contribution in [0.15, 0.2) is 0 Å². The molecule has 7 aliphatic heterocycles. The largest absolute Gasteiger partial charge is 0.394 e. The van der Waals surface area contributed by atoms with E-state index in [0.717, 1.165) is 20.8 Å². The van der Waals surface area contributed by atoms with E-state index in [-0.39, 0.29) is 0 Å². The summed E-state index contributed by atoms with van der Waals surface area (Å²) in [6.45, 7) is -1.41. The van der Waals surface area contributed by atoms with Gasteiger partial charge >= 0.3 is 0 Å². The third-order valence-electron chi connectivity index (χ3n) is 15.7. The molecule has 0 bridgehead atoms. The van der Waals surface area contributed by atoms with E-state index < -0.39 is 272 Å². The van der Waals surface area contributed by atoms with Crippen LogP contribution in [0, 0.1) is 0 Å². The minimum absolute atomic E-state index is 0.770. The molecule has 7 rings (SSSR count). The van der Waals surface area contributed by atoms with Crippen molar-refractivity contribution >= 4 is 17.7 Å². The van der Waals surface area contributed by atoms with E-state index in [4.69, 9.17) is 61.6 Å². The zero-order valence-corrected chi connectivity index (χ0v) is 46.5. The molecule has 0 saturated carbocycles. The smallest absolute Gasteiger partial charge is 0.217 e. The summed E-state index contributed by atoms with van der Waals surface area (Å²) in [4.78, 5) is 37.4. The maximum absolute atomic E-state index is 12.9. The topological polar surface area (TPSA) is 592 Å². The Morgan fingerprint density at radius 3 is 1.26 bits per heavy atom. The van der Waals surface area contributed by atoms with Crippen molar-refractivity contribution < 1.29 is 173 Å². The molecule has 0 aromatic carbocycles.